The number of phosphoric ester groups is 1. The first-order valence-electron chi connectivity index (χ1n) is 30.9. The van der Waals surface area contributed by atoms with Crippen LogP contribution in [0.5, 0.6) is 0 Å². The number of allylic oxidation sites excluding steroid dienone is 22. The fraction of sp³-hybridized carbons (Fsp3) is 0.647. The van der Waals surface area contributed by atoms with E-state index in [1.54, 1.807) is 0 Å². The third kappa shape index (κ3) is 61.4. The summed E-state index contributed by atoms with van der Waals surface area (Å²) in [5.74, 6) is -0.855. The Morgan fingerprint density at radius 3 is 1.03 bits per heavy atom. The largest absolute Gasteiger partial charge is 0.756 e. The van der Waals surface area contributed by atoms with Gasteiger partial charge in [0.15, 0.2) is 6.10 Å². The van der Waals surface area contributed by atoms with Crippen molar-refractivity contribution in [2.75, 3.05) is 47.5 Å². The number of quaternary nitrogens is 1. The van der Waals surface area contributed by atoms with Gasteiger partial charge in [-0.2, -0.15) is 0 Å². The van der Waals surface area contributed by atoms with Crippen LogP contribution in [0.2, 0.25) is 0 Å². The minimum Gasteiger partial charge on any atom is -0.756 e. The fourth-order valence-electron chi connectivity index (χ4n) is 7.98. The molecule has 0 saturated heterocycles. The van der Waals surface area contributed by atoms with Gasteiger partial charge in [-0.25, -0.2) is 0 Å². The number of nitrogens with zero attached hydrogens (tertiary/aromatic N) is 1. The Hall–Kier alpha value is -3.85. The summed E-state index contributed by atoms with van der Waals surface area (Å²) in [5.41, 5.74) is 0. The van der Waals surface area contributed by atoms with Crippen LogP contribution in [-0.4, -0.2) is 70.0 Å². The molecule has 0 bridgehead atoms. The average Bonchev–Trinajstić information content (AvgIpc) is 3.41. The van der Waals surface area contributed by atoms with E-state index in [2.05, 4.69) is 148 Å². The molecule has 0 aliphatic carbocycles. The second-order valence-electron chi connectivity index (χ2n) is 21.3. The smallest absolute Gasteiger partial charge is 0.306 e. The van der Waals surface area contributed by atoms with Crippen LogP contribution in [0.25, 0.3) is 0 Å². The predicted molar refractivity (Wildman–Crippen MR) is 332 cm³/mol. The second kappa shape index (κ2) is 57.8. The quantitative estimate of drug-likeness (QED) is 0.0195. The van der Waals surface area contributed by atoms with E-state index in [0.717, 1.165) is 128 Å². The molecule has 0 radical (unpaired) electrons. The Bertz CT molecular complexity index is 1780. The molecule has 0 heterocycles. The summed E-state index contributed by atoms with van der Waals surface area (Å²) in [6, 6.07) is 0. The van der Waals surface area contributed by atoms with Crippen LogP contribution >= 0.6 is 7.82 Å². The molecule has 0 amide bonds. The number of unbranched alkanes of at least 4 members (excludes halogenated alkanes) is 19. The minimum absolute atomic E-state index is 0.0406. The van der Waals surface area contributed by atoms with Crippen LogP contribution in [-0.2, 0) is 32.7 Å². The highest BCUT2D eigenvalue weighted by atomic mass is 31.2. The number of carbonyl (C=O) groups is 2. The molecule has 0 aliphatic rings. The Morgan fingerprint density at radius 1 is 0.397 bits per heavy atom. The van der Waals surface area contributed by atoms with Crippen molar-refractivity contribution in [3.8, 4) is 0 Å². The van der Waals surface area contributed by atoms with E-state index in [4.69, 9.17) is 18.5 Å². The predicted octanol–water partition coefficient (Wildman–Crippen LogP) is 19.1. The number of carbonyl (C=O) groups excluding carboxylic acids is 2. The van der Waals surface area contributed by atoms with Gasteiger partial charge in [0, 0.05) is 12.8 Å². The van der Waals surface area contributed by atoms with E-state index < -0.39 is 32.5 Å². The van der Waals surface area contributed by atoms with Crippen LogP contribution in [0.1, 0.15) is 232 Å². The van der Waals surface area contributed by atoms with Gasteiger partial charge < -0.3 is 27.9 Å². The molecule has 0 fully saturated rings. The van der Waals surface area contributed by atoms with Gasteiger partial charge in [0.25, 0.3) is 7.82 Å². The third-order valence-electron chi connectivity index (χ3n) is 12.7. The molecular weight excluding hydrogens is 990 g/mol. The molecule has 0 aromatic heterocycles. The highest BCUT2D eigenvalue weighted by Gasteiger charge is 2.22. The second-order valence-corrected chi connectivity index (χ2v) is 22.7. The zero-order chi connectivity index (χ0) is 57.0. The number of phosphoric acid groups is 1. The topological polar surface area (TPSA) is 111 Å². The molecule has 0 N–H and O–H groups in total. The van der Waals surface area contributed by atoms with E-state index in [1.807, 2.05) is 21.1 Å². The van der Waals surface area contributed by atoms with E-state index >= 15 is 0 Å². The number of likely N-dealkylation sites (N-methyl/N-ethyl adjacent to an activating group) is 1. The number of hydrogen-bond acceptors (Lipinski definition) is 8. The van der Waals surface area contributed by atoms with Crippen molar-refractivity contribution in [2.24, 2.45) is 0 Å². The molecule has 2 atom stereocenters. The highest BCUT2D eigenvalue weighted by Crippen LogP contribution is 2.38. The Balaban J connectivity index is 4.20. The SMILES string of the molecule is CC/C=C\C/C=C\C/C=C\C/C=C\C/C=C\C/C=C\C/C=C\CCCCCCCCCC(=O)OC(COC(=O)CCCCCCCCCCCCCC/C=C\C/C=C\C/C=C\C/C=C\CC)COP(=O)([O-])OCC[N+](C)(C)C. The van der Waals surface area contributed by atoms with Gasteiger partial charge in [-0.3, -0.25) is 14.2 Å². The first-order valence-corrected chi connectivity index (χ1v) is 32.4. The van der Waals surface area contributed by atoms with Gasteiger partial charge in [0.2, 0.25) is 0 Å². The molecular formula is C68H114NO8P. The lowest BCUT2D eigenvalue weighted by Gasteiger charge is -2.28. The van der Waals surface area contributed by atoms with Crippen LogP contribution in [0, 0.1) is 0 Å². The molecule has 444 valence electrons. The van der Waals surface area contributed by atoms with Gasteiger partial charge in [-0.05, 0) is 109 Å². The summed E-state index contributed by atoms with van der Waals surface area (Å²) in [5, 5.41) is 0. The van der Waals surface area contributed by atoms with Crippen LogP contribution in [0.3, 0.4) is 0 Å². The lowest BCUT2D eigenvalue weighted by Crippen LogP contribution is -2.37. The molecule has 78 heavy (non-hydrogen) atoms. The van der Waals surface area contributed by atoms with Crippen LogP contribution in [0.15, 0.2) is 134 Å². The van der Waals surface area contributed by atoms with E-state index in [0.29, 0.717) is 17.4 Å². The van der Waals surface area contributed by atoms with Crippen molar-refractivity contribution in [2.45, 2.75) is 238 Å². The monoisotopic (exact) mass is 1100 g/mol. The summed E-state index contributed by atoms with van der Waals surface area (Å²) < 4.78 is 34.2. The zero-order valence-corrected chi connectivity index (χ0v) is 51.2. The summed E-state index contributed by atoms with van der Waals surface area (Å²) in [6.07, 6.45) is 83.5. The summed E-state index contributed by atoms with van der Waals surface area (Å²) in [7, 11) is 1.14. The Labute approximate surface area is 479 Å². The Morgan fingerprint density at radius 2 is 0.692 bits per heavy atom. The number of ether oxygens (including phenoxy) is 2. The maximum Gasteiger partial charge on any atom is 0.306 e. The molecule has 9 nitrogen and oxygen atoms in total. The molecule has 2 unspecified atom stereocenters. The highest BCUT2D eigenvalue weighted by molar-refractivity contribution is 7.45. The molecule has 10 heteroatoms. The molecule has 0 rings (SSSR count). The number of esters is 2. The normalized spacial score (nSPS) is 14.2. The number of rotatable bonds is 55. The molecule has 0 aromatic rings. The van der Waals surface area contributed by atoms with Crippen LogP contribution in [0.4, 0.5) is 0 Å². The maximum absolute atomic E-state index is 12.8. The van der Waals surface area contributed by atoms with Crippen molar-refractivity contribution in [1.29, 1.82) is 0 Å². The van der Waals surface area contributed by atoms with Gasteiger partial charge >= 0.3 is 11.9 Å². The van der Waals surface area contributed by atoms with Crippen molar-refractivity contribution in [3.05, 3.63) is 134 Å². The van der Waals surface area contributed by atoms with Crippen molar-refractivity contribution in [3.63, 3.8) is 0 Å². The zero-order valence-electron chi connectivity index (χ0n) is 50.3. The van der Waals surface area contributed by atoms with Gasteiger partial charge in [-0.1, -0.05) is 244 Å². The van der Waals surface area contributed by atoms with Crippen molar-refractivity contribution < 1.29 is 42.1 Å². The van der Waals surface area contributed by atoms with Gasteiger partial charge in [0.1, 0.15) is 19.8 Å². The van der Waals surface area contributed by atoms with Crippen molar-refractivity contribution >= 4 is 19.8 Å². The van der Waals surface area contributed by atoms with E-state index in [9.17, 15) is 19.0 Å². The molecule has 0 aliphatic heterocycles. The maximum atomic E-state index is 12.8. The average molecular weight is 1100 g/mol. The fourth-order valence-corrected chi connectivity index (χ4v) is 8.71. The van der Waals surface area contributed by atoms with Crippen molar-refractivity contribution in [1.82, 2.24) is 0 Å². The molecule has 0 spiro atoms. The standard InChI is InChI=1S/C68H114NO8P/c1-6-8-10-12-14-16-18-20-22-24-26-28-30-32-33-34-35-37-39-41-43-45-47-49-51-53-55-57-59-61-68(71)77-66(65-76-78(72,73)75-63-62-69(3,4)5)64-74-67(70)60-58-56-54-52-50-48-46-44-42-40-38-36-31-29-27-25-23-21-19-17-15-13-11-9-7-2/h8-11,14-17,20-23,26-29,32-33,35,37,41,43,66H,6-7,12-13,18-19,24-25,30-31,34,36,38-40,42,44-65H2,1-5H3/b10-8-,11-9-,16-14-,17-15-,22-20-,23-21-,28-26-,29-27-,33-32-,37-35-,43-41-. The van der Waals surface area contributed by atoms with E-state index in [-0.39, 0.29) is 26.1 Å². The third-order valence-corrected chi connectivity index (χ3v) is 13.6. The van der Waals surface area contributed by atoms with E-state index in [1.165, 1.54) is 70.6 Å². The minimum atomic E-state index is -4.65. The summed E-state index contributed by atoms with van der Waals surface area (Å²) in [4.78, 5) is 38.0. The summed E-state index contributed by atoms with van der Waals surface area (Å²) in [6.45, 7) is 3.99. The molecule has 0 saturated carbocycles. The summed E-state index contributed by atoms with van der Waals surface area (Å²) >= 11 is 0. The van der Waals surface area contributed by atoms with Crippen LogP contribution < -0.4 is 4.89 Å². The lowest BCUT2D eigenvalue weighted by molar-refractivity contribution is -0.870. The first-order chi connectivity index (χ1) is 38.0. The number of hydrogen-bond donors (Lipinski definition) is 0. The first kappa shape index (κ1) is 74.2. The van der Waals surface area contributed by atoms with Gasteiger partial charge in [-0.15, -0.1) is 0 Å². The molecule has 0 aromatic carbocycles. The Kier molecular flexibility index (Phi) is 55.0. The van der Waals surface area contributed by atoms with Gasteiger partial charge in [0.05, 0.1) is 27.7 Å². The lowest BCUT2D eigenvalue weighted by atomic mass is 10.0.